The predicted molar refractivity (Wildman–Crippen MR) is 126 cm³/mol. The molecule has 0 aliphatic carbocycles. The lowest BCUT2D eigenvalue weighted by molar-refractivity contribution is 0.258. The topological polar surface area (TPSA) is 104 Å². The van der Waals surface area contributed by atoms with Gasteiger partial charge in [0.25, 0.3) is 0 Å². The zero-order valence-electron chi connectivity index (χ0n) is 18.2. The maximum Gasteiger partial charge on any atom is 0.327 e. The van der Waals surface area contributed by atoms with Gasteiger partial charge in [-0.2, -0.15) is 0 Å². The smallest absolute Gasteiger partial charge is 0.327 e. The molecule has 170 valence electrons. The lowest BCUT2D eigenvalue weighted by atomic mass is 10.2. The van der Waals surface area contributed by atoms with Crippen molar-refractivity contribution in [3.8, 4) is 11.5 Å². The van der Waals surface area contributed by atoms with Crippen LogP contribution in [-0.2, 0) is 0 Å². The van der Waals surface area contributed by atoms with Crippen LogP contribution in [0.3, 0.4) is 0 Å². The first kappa shape index (κ1) is 23.4. The number of carbonyl (C=O) groups excluding carboxylic acids is 1. The summed E-state index contributed by atoms with van der Waals surface area (Å²) < 4.78 is 10.5. The van der Waals surface area contributed by atoms with Gasteiger partial charge in [0.2, 0.25) is 0 Å². The molecule has 2 heterocycles. The third-order valence-electron chi connectivity index (χ3n) is 4.65. The summed E-state index contributed by atoms with van der Waals surface area (Å²) in [6, 6.07) is 2.64. The van der Waals surface area contributed by atoms with Crippen LogP contribution in [-0.4, -0.2) is 54.7 Å². The predicted octanol–water partition coefficient (Wildman–Crippen LogP) is 4.43. The summed E-state index contributed by atoms with van der Waals surface area (Å²) in [5.41, 5.74) is 4.27. The molecule has 1 aromatic carbocycles. The molecule has 2 aromatic rings. The monoisotopic (exact) mass is 479 g/mol. The molecule has 1 aliphatic rings. The molecule has 12 heteroatoms. The number of methoxy groups -OCH3 is 2. The first-order chi connectivity index (χ1) is 15.2. The van der Waals surface area contributed by atoms with Gasteiger partial charge in [-0.25, -0.2) is 19.8 Å². The Morgan fingerprint density at radius 1 is 1.12 bits per heavy atom. The Hall–Kier alpha value is -3.24. The average molecular weight is 480 g/mol. The second-order valence-electron chi connectivity index (χ2n) is 6.76. The number of nitrogens with zero attached hydrogens (tertiary/aromatic N) is 5. The van der Waals surface area contributed by atoms with E-state index < -0.39 is 6.03 Å². The zero-order valence-corrected chi connectivity index (χ0v) is 19.7. The lowest BCUT2D eigenvalue weighted by Crippen LogP contribution is -2.37. The highest BCUT2D eigenvalue weighted by molar-refractivity contribution is 6.41. The highest BCUT2D eigenvalue weighted by Gasteiger charge is 2.22. The van der Waals surface area contributed by atoms with Crippen LogP contribution in [0, 0.1) is 0 Å². The van der Waals surface area contributed by atoms with Crippen molar-refractivity contribution in [2.24, 2.45) is 4.99 Å². The van der Waals surface area contributed by atoms with E-state index in [4.69, 9.17) is 32.7 Å². The molecule has 0 saturated carbocycles. The van der Waals surface area contributed by atoms with Crippen molar-refractivity contribution < 1.29 is 14.3 Å². The molecule has 1 aliphatic heterocycles. The summed E-state index contributed by atoms with van der Waals surface area (Å²) in [5.74, 6) is 2.26. The Morgan fingerprint density at radius 3 is 2.38 bits per heavy atom. The minimum absolute atomic E-state index is 0.147. The molecule has 10 nitrogen and oxygen atoms in total. The number of nitrogens with one attached hydrogen (secondary N) is 2. The van der Waals surface area contributed by atoms with E-state index in [1.807, 2.05) is 24.9 Å². The number of ether oxygens (including phenoxy) is 2. The summed E-state index contributed by atoms with van der Waals surface area (Å²) in [4.78, 5) is 27.0. The molecule has 0 saturated heterocycles. The fourth-order valence-corrected chi connectivity index (χ4v) is 3.46. The molecule has 0 fully saturated rings. The van der Waals surface area contributed by atoms with Crippen molar-refractivity contribution >= 4 is 52.4 Å². The number of aromatic nitrogens is 2. The average Bonchev–Trinajstić information content (AvgIpc) is 2.78. The molecule has 0 spiro atoms. The van der Waals surface area contributed by atoms with Crippen molar-refractivity contribution in [2.45, 2.75) is 13.8 Å². The van der Waals surface area contributed by atoms with E-state index in [1.54, 1.807) is 13.1 Å². The van der Waals surface area contributed by atoms with Crippen LogP contribution in [0.25, 0.3) is 0 Å². The Morgan fingerprint density at radius 2 is 1.78 bits per heavy atom. The maximum atomic E-state index is 12.9. The van der Waals surface area contributed by atoms with Crippen LogP contribution < -0.4 is 25.1 Å². The number of halogens is 2. The summed E-state index contributed by atoms with van der Waals surface area (Å²) in [6.07, 6.45) is 3.34. The molecule has 2 amide bonds. The van der Waals surface area contributed by atoms with E-state index in [9.17, 15) is 4.79 Å². The van der Waals surface area contributed by atoms with Crippen LogP contribution in [0.4, 0.5) is 22.1 Å². The van der Waals surface area contributed by atoms with Gasteiger partial charge in [0.15, 0.2) is 0 Å². The van der Waals surface area contributed by atoms with Gasteiger partial charge < -0.3 is 14.8 Å². The minimum Gasteiger partial charge on any atom is -0.495 e. The van der Waals surface area contributed by atoms with Crippen molar-refractivity contribution in [1.82, 2.24) is 15.0 Å². The van der Waals surface area contributed by atoms with Crippen LogP contribution in [0.2, 0.25) is 10.0 Å². The molecule has 3 rings (SSSR count). The quantitative estimate of drug-likeness (QED) is 0.630. The van der Waals surface area contributed by atoms with Crippen LogP contribution >= 0.6 is 23.2 Å². The Bertz CT molecular complexity index is 1060. The lowest BCUT2D eigenvalue weighted by Gasteiger charge is -2.27. The molecular weight excluding hydrogens is 457 g/mol. The number of carbonyl (C=O) groups is 1. The van der Waals surface area contributed by atoms with Crippen molar-refractivity contribution in [3.05, 3.63) is 40.3 Å². The maximum absolute atomic E-state index is 12.9. The summed E-state index contributed by atoms with van der Waals surface area (Å²) in [6.45, 7) is 4.46. The second kappa shape index (κ2) is 9.92. The molecule has 32 heavy (non-hydrogen) atoms. The Labute approximate surface area is 195 Å². The number of hydrogen-bond donors (Lipinski definition) is 2. The van der Waals surface area contributed by atoms with Crippen molar-refractivity contribution in [3.63, 3.8) is 0 Å². The normalized spacial score (nSPS) is 13.2. The number of allylic oxidation sites excluding steroid dienone is 1. The van der Waals surface area contributed by atoms with E-state index in [2.05, 4.69) is 25.7 Å². The van der Waals surface area contributed by atoms with Crippen LogP contribution in [0.1, 0.15) is 13.8 Å². The van der Waals surface area contributed by atoms with Crippen molar-refractivity contribution in [1.29, 1.82) is 0 Å². The standard InChI is InChI=1S/C20H23Cl2N7O3/c1-11-6-7-29(12(2)25-11)27-15-9-16(24-10-23-15)28(3)20(30)26-19-17(21)13(31-4)8-14(32-5)18(19)22/h6,8-10H,7H2,1-5H3,(H,26,30)(H,23,24,27). The van der Waals surface area contributed by atoms with Crippen LogP contribution in [0.15, 0.2) is 35.2 Å². The van der Waals surface area contributed by atoms with Crippen LogP contribution in [0.5, 0.6) is 11.5 Å². The molecular formula is C20H23Cl2N7O3. The van der Waals surface area contributed by atoms with Crippen molar-refractivity contribution in [2.75, 3.05) is 43.5 Å². The molecule has 0 unspecified atom stereocenters. The number of amidine groups is 1. The Kier molecular flexibility index (Phi) is 7.26. The van der Waals surface area contributed by atoms with E-state index >= 15 is 0 Å². The summed E-state index contributed by atoms with van der Waals surface area (Å²) in [7, 11) is 4.46. The van der Waals surface area contributed by atoms with E-state index in [0.717, 1.165) is 11.5 Å². The first-order valence-corrected chi connectivity index (χ1v) is 10.2. The fourth-order valence-electron chi connectivity index (χ4n) is 2.86. The van der Waals surface area contributed by atoms with E-state index in [1.165, 1.54) is 31.5 Å². The SMILES string of the molecule is COc1cc(OC)c(Cl)c(NC(=O)N(C)c2cc(NN3CC=C(C)N=C3C)ncn2)c1Cl. The highest BCUT2D eigenvalue weighted by Crippen LogP contribution is 2.44. The first-order valence-electron chi connectivity index (χ1n) is 9.48. The summed E-state index contributed by atoms with van der Waals surface area (Å²) >= 11 is 12.7. The molecule has 0 bridgehead atoms. The number of benzene rings is 1. The minimum atomic E-state index is -0.525. The third kappa shape index (κ3) is 4.97. The molecule has 0 radical (unpaired) electrons. The number of anilines is 3. The third-order valence-corrected chi connectivity index (χ3v) is 5.40. The van der Waals surface area contributed by atoms with Gasteiger partial charge in [-0.05, 0) is 19.9 Å². The van der Waals surface area contributed by atoms with E-state index in [-0.39, 0.29) is 15.7 Å². The second-order valence-corrected chi connectivity index (χ2v) is 7.52. The number of hydrogen-bond acceptors (Lipinski definition) is 8. The van der Waals surface area contributed by atoms with Gasteiger partial charge in [-0.3, -0.25) is 15.3 Å². The number of rotatable bonds is 6. The molecule has 0 atom stereocenters. The van der Waals surface area contributed by atoms with Gasteiger partial charge >= 0.3 is 6.03 Å². The molecule has 2 N–H and O–H groups in total. The Balaban J connectivity index is 1.79. The van der Waals surface area contributed by atoms with Gasteiger partial charge in [-0.1, -0.05) is 23.2 Å². The van der Waals surface area contributed by atoms with Gasteiger partial charge in [0.1, 0.15) is 45.3 Å². The van der Waals surface area contributed by atoms with Gasteiger partial charge in [0.05, 0.1) is 26.5 Å². The number of urea groups is 1. The number of hydrazine groups is 1. The van der Waals surface area contributed by atoms with Gasteiger partial charge in [-0.15, -0.1) is 0 Å². The zero-order chi connectivity index (χ0) is 23.4. The summed E-state index contributed by atoms with van der Waals surface area (Å²) in [5, 5.41) is 4.81. The largest absolute Gasteiger partial charge is 0.495 e. The fraction of sp³-hybridized carbons (Fsp3) is 0.300. The van der Waals surface area contributed by atoms with E-state index in [0.29, 0.717) is 29.7 Å². The number of amides is 2. The van der Waals surface area contributed by atoms with Gasteiger partial charge in [0, 0.05) is 24.9 Å². The molecule has 1 aromatic heterocycles. The highest BCUT2D eigenvalue weighted by atomic mass is 35.5. The number of aliphatic imine (C=N–C) groups is 1.